The Kier molecular flexibility index (Phi) is 3.12. The lowest BCUT2D eigenvalue weighted by Gasteiger charge is -2.35. The van der Waals surface area contributed by atoms with Crippen LogP contribution in [0.15, 0.2) is 88.7 Å². The molecule has 0 saturated carbocycles. The van der Waals surface area contributed by atoms with Crippen molar-refractivity contribution in [3.05, 3.63) is 95.5 Å². The third-order valence-corrected chi connectivity index (χ3v) is 4.66. The van der Waals surface area contributed by atoms with Crippen LogP contribution in [0.25, 0.3) is 0 Å². The Morgan fingerprint density at radius 1 is 0.864 bits per heavy atom. The van der Waals surface area contributed by atoms with E-state index in [1.807, 2.05) is 60.7 Å². The molecule has 2 aliphatic rings. The summed E-state index contributed by atoms with van der Waals surface area (Å²) in [5.74, 6) is -0.211. The number of halogens is 1. The van der Waals surface area contributed by atoms with Gasteiger partial charge in [-0.15, -0.1) is 0 Å². The highest BCUT2D eigenvalue weighted by molar-refractivity contribution is 7.96. The minimum Gasteiger partial charge on any atom is -0.309 e. The number of nitrogens with one attached hydrogen (secondary N) is 1. The van der Waals surface area contributed by atoms with Crippen LogP contribution in [0.5, 0.6) is 0 Å². The van der Waals surface area contributed by atoms with Crippen LogP contribution in [0.4, 0.5) is 4.39 Å². The van der Waals surface area contributed by atoms with Gasteiger partial charge in [-0.3, -0.25) is 0 Å². The van der Waals surface area contributed by atoms with Crippen LogP contribution >= 0.6 is 12.1 Å². The lowest BCUT2D eigenvalue weighted by Crippen LogP contribution is -2.41. The molecule has 1 aliphatic heterocycles. The van der Waals surface area contributed by atoms with E-state index in [9.17, 15) is 0 Å². The summed E-state index contributed by atoms with van der Waals surface area (Å²) >= 11 is 1.24. The summed E-state index contributed by atoms with van der Waals surface area (Å²) in [4.78, 5) is 0. The topological polar surface area (TPSA) is 24.4 Å². The van der Waals surface area contributed by atoms with Crippen LogP contribution in [-0.4, -0.2) is 5.71 Å². The molecule has 0 amide bonds. The van der Waals surface area contributed by atoms with Crippen LogP contribution in [0.1, 0.15) is 11.1 Å². The first-order chi connectivity index (χ1) is 10.8. The molecule has 0 fully saturated rings. The minimum atomic E-state index is -0.983. The maximum absolute atomic E-state index is 15.2. The van der Waals surface area contributed by atoms with Gasteiger partial charge in [0, 0.05) is 0 Å². The quantitative estimate of drug-likeness (QED) is 0.835. The first kappa shape index (κ1) is 13.3. The molecule has 1 aliphatic carbocycles. The number of hydrogen-bond acceptors (Lipinski definition) is 3. The number of nitrogens with zero attached hydrogens (tertiary/aromatic N) is 1. The molecule has 4 rings (SSSR count). The summed E-state index contributed by atoms with van der Waals surface area (Å²) in [6, 6.07) is 19.4. The molecule has 0 spiro atoms. The molecular formula is C18H13FN2S. The molecule has 0 radical (unpaired) electrons. The molecule has 108 valence electrons. The zero-order chi connectivity index (χ0) is 15.0. The van der Waals surface area contributed by atoms with Crippen molar-refractivity contribution < 1.29 is 4.39 Å². The second-order valence-corrected chi connectivity index (χ2v) is 5.78. The second kappa shape index (κ2) is 5.14. The molecule has 0 bridgehead atoms. The molecule has 0 aromatic heterocycles. The van der Waals surface area contributed by atoms with E-state index in [4.69, 9.17) is 0 Å². The summed E-state index contributed by atoms with van der Waals surface area (Å²) in [7, 11) is 0. The van der Waals surface area contributed by atoms with Gasteiger partial charge in [0.15, 0.2) is 0 Å². The van der Waals surface area contributed by atoms with Crippen molar-refractivity contribution in [3.8, 4) is 0 Å². The molecule has 2 aromatic carbocycles. The Morgan fingerprint density at radius 3 is 2.05 bits per heavy atom. The van der Waals surface area contributed by atoms with E-state index in [1.165, 1.54) is 18.2 Å². The zero-order valence-electron chi connectivity index (χ0n) is 11.7. The molecule has 1 heterocycles. The molecule has 4 heteroatoms. The standard InChI is InChI=1S/C18H13FN2S/c19-16-12-11-15-17(21-22-20-15)18(16,13-7-3-1-4-8-13)14-9-5-2-6-10-14/h1-12,20H. The third-order valence-electron chi connectivity index (χ3n) is 4.07. The first-order valence-corrected chi connectivity index (χ1v) is 7.80. The van der Waals surface area contributed by atoms with Crippen molar-refractivity contribution in [2.75, 3.05) is 0 Å². The average Bonchev–Trinajstić information content (AvgIpc) is 3.06. The van der Waals surface area contributed by atoms with Gasteiger partial charge in [-0.05, 0) is 23.3 Å². The van der Waals surface area contributed by atoms with Gasteiger partial charge in [0.2, 0.25) is 0 Å². The van der Waals surface area contributed by atoms with Crippen LogP contribution < -0.4 is 4.72 Å². The van der Waals surface area contributed by atoms with E-state index in [1.54, 1.807) is 6.08 Å². The molecule has 2 aromatic rings. The third kappa shape index (κ3) is 1.77. The van der Waals surface area contributed by atoms with Gasteiger partial charge < -0.3 is 4.72 Å². The van der Waals surface area contributed by atoms with Gasteiger partial charge in [0.05, 0.1) is 23.5 Å². The van der Waals surface area contributed by atoms with Gasteiger partial charge >= 0.3 is 0 Å². The fourth-order valence-corrected chi connectivity index (χ4v) is 3.72. The highest BCUT2D eigenvalue weighted by Gasteiger charge is 2.48. The van der Waals surface area contributed by atoms with Gasteiger partial charge in [-0.1, -0.05) is 60.7 Å². The fraction of sp³-hybridized carbons (Fsp3) is 0.0556. The predicted molar refractivity (Wildman–Crippen MR) is 89.1 cm³/mol. The van der Waals surface area contributed by atoms with Crippen molar-refractivity contribution in [1.29, 1.82) is 0 Å². The van der Waals surface area contributed by atoms with Gasteiger partial charge in [0.25, 0.3) is 0 Å². The minimum absolute atomic E-state index is 0.211. The molecule has 1 N–H and O–H groups in total. The number of benzene rings is 2. The number of allylic oxidation sites excluding steroid dienone is 4. The van der Waals surface area contributed by atoms with E-state index in [2.05, 4.69) is 9.12 Å². The normalized spacial score (nSPS) is 18.7. The molecule has 0 unspecified atom stereocenters. The number of rotatable bonds is 2. The summed E-state index contributed by atoms with van der Waals surface area (Å²) in [6.07, 6.45) is 3.28. The molecular weight excluding hydrogens is 295 g/mol. The molecule has 0 atom stereocenters. The van der Waals surface area contributed by atoms with E-state index < -0.39 is 5.41 Å². The summed E-state index contributed by atoms with van der Waals surface area (Å²) in [5.41, 5.74) is 2.35. The van der Waals surface area contributed by atoms with Crippen LogP contribution in [-0.2, 0) is 5.41 Å². The van der Waals surface area contributed by atoms with Gasteiger partial charge in [-0.25, -0.2) is 4.39 Å². The van der Waals surface area contributed by atoms with Crippen LogP contribution in [0.2, 0.25) is 0 Å². The highest BCUT2D eigenvalue weighted by atomic mass is 32.2. The highest BCUT2D eigenvalue weighted by Crippen LogP contribution is 2.47. The Labute approximate surface area is 132 Å². The van der Waals surface area contributed by atoms with Crippen LogP contribution in [0, 0.1) is 0 Å². The van der Waals surface area contributed by atoms with E-state index >= 15 is 4.39 Å². The summed E-state index contributed by atoms with van der Waals surface area (Å²) in [5, 5.41) is 0. The van der Waals surface area contributed by atoms with Crippen molar-refractivity contribution >= 4 is 17.8 Å². The molecule has 0 saturated heterocycles. The smallest absolute Gasteiger partial charge is 0.121 e. The Morgan fingerprint density at radius 2 is 1.45 bits per heavy atom. The van der Waals surface area contributed by atoms with E-state index in [-0.39, 0.29) is 5.83 Å². The maximum atomic E-state index is 15.2. The maximum Gasteiger partial charge on any atom is 0.121 e. The molecule has 22 heavy (non-hydrogen) atoms. The molecule has 2 nitrogen and oxygen atoms in total. The van der Waals surface area contributed by atoms with Crippen molar-refractivity contribution in [1.82, 2.24) is 4.72 Å². The van der Waals surface area contributed by atoms with Crippen LogP contribution in [0.3, 0.4) is 0 Å². The lowest BCUT2D eigenvalue weighted by atomic mass is 9.67. The SMILES string of the molecule is FC1=CC=C2NSN=C2C1(c1ccccc1)c1ccccc1. The van der Waals surface area contributed by atoms with Crippen molar-refractivity contribution in [2.45, 2.75) is 5.41 Å². The van der Waals surface area contributed by atoms with Gasteiger partial charge in [0.1, 0.15) is 11.2 Å². The van der Waals surface area contributed by atoms with E-state index in [0.717, 1.165) is 22.5 Å². The summed E-state index contributed by atoms with van der Waals surface area (Å²) < 4.78 is 22.8. The Bertz CT molecular complexity index is 755. The van der Waals surface area contributed by atoms with Crippen molar-refractivity contribution in [3.63, 3.8) is 0 Å². The number of fused-ring (bicyclic) bond motifs is 1. The second-order valence-electron chi connectivity index (χ2n) is 5.21. The average molecular weight is 308 g/mol. The fourth-order valence-electron chi connectivity index (χ4n) is 3.09. The number of hydrogen-bond donors (Lipinski definition) is 1. The first-order valence-electron chi connectivity index (χ1n) is 7.03. The van der Waals surface area contributed by atoms with Gasteiger partial charge in [-0.2, -0.15) is 4.40 Å². The Hall–Kier alpha value is -2.33. The largest absolute Gasteiger partial charge is 0.309 e. The summed E-state index contributed by atoms with van der Waals surface area (Å²) in [6.45, 7) is 0. The Balaban J connectivity index is 2.06. The predicted octanol–water partition coefficient (Wildman–Crippen LogP) is 4.33. The van der Waals surface area contributed by atoms with Crippen molar-refractivity contribution in [2.24, 2.45) is 4.40 Å². The van der Waals surface area contributed by atoms with E-state index in [0.29, 0.717) is 0 Å². The zero-order valence-corrected chi connectivity index (χ0v) is 12.5. The lowest BCUT2D eigenvalue weighted by molar-refractivity contribution is 0.533. The monoisotopic (exact) mass is 308 g/mol.